The van der Waals surface area contributed by atoms with Crippen LogP contribution in [-0.2, 0) is 0 Å². The van der Waals surface area contributed by atoms with Gasteiger partial charge in [-0.1, -0.05) is 23.2 Å². The van der Waals surface area contributed by atoms with Gasteiger partial charge >= 0.3 is 0 Å². The first-order valence-electron chi connectivity index (χ1n) is 3.17. The zero-order valence-corrected chi connectivity index (χ0v) is 7.34. The van der Waals surface area contributed by atoms with Gasteiger partial charge in [0.05, 0.1) is 17.4 Å². The summed E-state index contributed by atoms with van der Waals surface area (Å²) < 4.78 is 1.50. The lowest BCUT2D eigenvalue weighted by molar-refractivity contribution is 0.836. The van der Waals surface area contributed by atoms with Gasteiger partial charge in [-0.05, 0) is 0 Å². The molecule has 2 rings (SSSR count). The van der Waals surface area contributed by atoms with Gasteiger partial charge < -0.3 is 0 Å². The van der Waals surface area contributed by atoms with E-state index < -0.39 is 0 Å². The van der Waals surface area contributed by atoms with Crippen molar-refractivity contribution in [3.05, 3.63) is 28.6 Å². The van der Waals surface area contributed by atoms with Crippen LogP contribution in [0, 0.1) is 0 Å². The van der Waals surface area contributed by atoms with E-state index in [1.807, 2.05) is 0 Å². The Balaban J connectivity index is 2.50. The summed E-state index contributed by atoms with van der Waals surface area (Å²) in [6.07, 6.45) is 4.72. The van der Waals surface area contributed by atoms with Crippen molar-refractivity contribution in [1.82, 2.24) is 20.0 Å². The molecule has 0 amide bonds. The van der Waals surface area contributed by atoms with Gasteiger partial charge in [-0.25, -0.2) is 4.68 Å². The molecule has 0 saturated heterocycles. The van der Waals surface area contributed by atoms with E-state index in [-0.39, 0.29) is 0 Å². The van der Waals surface area contributed by atoms with Crippen LogP contribution in [0.15, 0.2) is 18.6 Å². The minimum Gasteiger partial charge on any atom is -0.282 e. The summed E-state index contributed by atoms with van der Waals surface area (Å²) in [7, 11) is 0. The molecule has 4 nitrogen and oxygen atoms in total. The van der Waals surface area contributed by atoms with Crippen LogP contribution in [0.1, 0.15) is 0 Å². The number of H-pyrrole nitrogens is 1. The van der Waals surface area contributed by atoms with E-state index in [4.69, 9.17) is 23.2 Å². The first-order valence-corrected chi connectivity index (χ1v) is 3.93. The van der Waals surface area contributed by atoms with Crippen LogP contribution in [0.25, 0.3) is 5.82 Å². The summed E-state index contributed by atoms with van der Waals surface area (Å²) in [4.78, 5) is 0. The van der Waals surface area contributed by atoms with Crippen LogP contribution in [-0.4, -0.2) is 20.0 Å². The molecule has 0 saturated carbocycles. The van der Waals surface area contributed by atoms with Gasteiger partial charge in [0.25, 0.3) is 0 Å². The van der Waals surface area contributed by atoms with E-state index in [2.05, 4.69) is 15.3 Å². The predicted molar refractivity (Wildman–Crippen MR) is 45.7 cm³/mol. The Morgan fingerprint density at radius 2 is 2.25 bits per heavy atom. The monoisotopic (exact) mass is 202 g/mol. The van der Waals surface area contributed by atoms with Crippen LogP contribution >= 0.6 is 23.2 Å². The molecule has 1 N–H and O–H groups in total. The molecule has 0 aliphatic carbocycles. The van der Waals surface area contributed by atoms with Crippen LogP contribution in [0.4, 0.5) is 0 Å². The summed E-state index contributed by atoms with van der Waals surface area (Å²) in [6, 6.07) is 0. The summed E-state index contributed by atoms with van der Waals surface area (Å²) in [5.74, 6) is 0.545. The first-order chi connectivity index (χ1) is 5.77. The Bertz CT molecular complexity index is 392. The smallest absolute Gasteiger partial charge is 0.193 e. The third-order valence-electron chi connectivity index (χ3n) is 1.34. The van der Waals surface area contributed by atoms with Crippen LogP contribution in [0.5, 0.6) is 0 Å². The topological polar surface area (TPSA) is 46.5 Å². The number of aromatic amines is 1. The maximum Gasteiger partial charge on any atom is 0.193 e. The van der Waals surface area contributed by atoms with E-state index in [1.54, 1.807) is 12.4 Å². The minimum absolute atomic E-state index is 0.509. The molecule has 0 radical (unpaired) electrons. The molecule has 62 valence electrons. The van der Waals surface area contributed by atoms with Crippen molar-refractivity contribution in [2.45, 2.75) is 0 Å². The molecule has 0 bridgehead atoms. The molecule has 12 heavy (non-hydrogen) atoms. The number of hydrogen-bond acceptors (Lipinski definition) is 2. The first kappa shape index (κ1) is 7.64. The number of rotatable bonds is 1. The van der Waals surface area contributed by atoms with Crippen molar-refractivity contribution in [3.63, 3.8) is 0 Å². The highest BCUT2D eigenvalue weighted by molar-refractivity contribution is 6.32. The van der Waals surface area contributed by atoms with Crippen LogP contribution < -0.4 is 0 Å². The van der Waals surface area contributed by atoms with Crippen molar-refractivity contribution in [2.75, 3.05) is 0 Å². The highest BCUT2D eigenvalue weighted by Crippen LogP contribution is 2.17. The van der Waals surface area contributed by atoms with E-state index in [0.29, 0.717) is 15.9 Å². The lowest BCUT2D eigenvalue weighted by Gasteiger charge is -1.93. The van der Waals surface area contributed by atoms with Crippen molar-refractivity contribution >= 4 is 23.2 Å². The second-order valence-electron chi connectivity index (χ2n) is 2.16. The molecule has 0 aliphatic rings. The van der Waals surface area contributed by atoms with Crippen molar-refractivity contribution in [1.29, 1.82) is 0 Å². The van der Waals surface area contributed by atoms with E-state index in [1.165, 1.54) is 10.9 Å². The summed E-state index contributed by atoms with van der Waals surface area (Å²) in [6.45, 7) is 0. The molecule has 0 fully saturated rings. The molecule has 6 heteroatoms. The highest BCUT2D eigenvalue weighted by Gasteiger charge is 2.05. The van der Waals surface area contributed by atoms with Gasteiger partial charge in [0.15, 0.2) is 5.82 Å². The Kier molecular flexibility index (Phi) is 1.78. The average molecular weight is 203 g/mol. The summed E-state index contributed by atoms with van der Waals surface area (Å²) in [5.41, 5.74) is 0. The van der Waals surface area contributed by atoms with E-state index in [9.17, 15) is 0 Å². The quantitative estimate of drug-likeness (QED) is 0.769. The van der Waals surface area contributed by atoms with Crippen molar-refractivity contribution < 1.29 is 0 Å². The molecule has 0 aliphatic heterocycles. The Morgan fingerprint density at radius 3 is 2.75 bits per heavy atom. The minimum atomic E-state index is 0.509. The molecule has 2 aromatic heterocycles. The zero-order valence-electron chi connectivity index (χ0n) is 5.83. The number of halogens is 2. The SMILES string of the molecule is Clc1cnn(-c2n[nH]cc2Cl)c1. The normalized spacial score (nSPS) is 10.5. The van der Waals surface area contributed by atoms with E-state index in [0.717, 1.165) is 0 Å². The van der Waals surface area contributed by atoms with E-state index >= 15 is 0 Å². The Hall–Kier alpha value is -1.000. The van der Waals surface area contributed by atoms with Crippen LogP contribution in [0.2, 0.25) is 10.0 Å². The Morgan fingerprint density at radius 1 is 1.42 bits per heavy atom. The number of nitrogens with zero attached hydrogens (tertiary/aromatic N) is 3. The fourth-order valence-electron chi connectivity index (χ4n) is 0.845. The van der Waals surface area contributed by atoms with Gasteiger partial charge in [0.1, 0.15) is 5.02 Å². The lowest BCUT2D eigenvalue weighted by atomic mass is 10.6. The van der Waals surface area contributed by atoms with Gasteiger partial charge in [-0.3, -0.25) is 5.10 Å². The van der Waals surface area contributed by atoms with Crippen molar-refractivity contribution in [2.24, 2.45) is 0 Å². The van der Waals surface area contributed by atoms with Gasteiger partial charge in [-0.15, -0.1) is 0 Å². The molecule has 0 unspecified atom stereocenters. The second kappa shape index (κ2) is 2.80. The molecule has 0 atom stereocenters. The highest BCUT2D eigenvalue weighted by atomic mass is 35.5. The third kappa shape index (κ3) is 1.19. The van der Waals surface area contributed by atoms with Crippen LogP contribution in [0.3, 0.4) is 0 Å². The van der Waals surface area contributed by atoms with Crippen molar-refractivity contribution in [3.8, 4) is 5.82 Å². The molecular weight excluding hydrogens is 199 g/mol. The summed E-state index contributed by atoms with van der Waals surface area (Å²) in [5, 5.41) is 11.5. The third-order valence-corrected chi connectivity index (χ3v) is 1.82. The standard InChI is InChI=1S/C6H4Cl2N4/c7-4-1-10-12(3-4)6-5(8)2-9-11-6/h1-3H,(H,9,11). The fraction of sp³-hybridized carbons (Fsp3) is 0. The molecule has 2 aromatic rings. The van der Waals surface area contributed by atoms with Gasteiger partial charge in [0, 0.05) is 6.20 Å². The maximum atomic E-state index is 5.79. The summed E-state index contributed by atoms with van der Waals surface area (Å²) >= 11 is 11.5. The zero-order chi connectivity index (χ0) is 8.55. The fourth-order valence-corrected chi connectivity index (χ4v) is 1.16. The molecule has 0 aromatic carbocycles. The van der Waals surface area contributed by atoms with Gasteiger partial charge in [-0.2, -0.15) is 10.2 Å². The maximum absolute atomic E-state index is 5.79. The largest absolute Gasteiger partial charge is 0.282 e. The molecule has 2 heterocycles. The number of hydrogen-bond donors (Lipinski definition) is 1. The second-order valence-corrected chi connectivity index (χ2v) is 3.00. The average Bonchev–Trinajstić information content (AvgIpc) is 2.58. The molecular formula is C6H4Cl2N4. The number of aromatic nitrogens is 4. The van der Waals surface area contributed by atoms with Gasteiger partial charge in [0.2, 0.25) is 0 Å². The number of nitrogens with one attached hydrogen (secondary N) is 1. The predicted octanol–water partition coefficient (Wildman–Crippen LogP) is 1.90. The lowest BCUT2D eigenvalue weighted by Crippen LogP contribution is -1.94. The Labute approximate surface area is 78.1 Å². The molecule has 0 spiro atoms.